The highest BCUT2D eigenvalue weighted by atomic mass is 79.9. The predicted octanol–water partition coefficient (Wildman–Crippen LogP) is 4.99. The van der Waals surface area contributed by atoms with Gasteiger partial charge in [0.15, 0.2) is 0 Å². The molecule has 2 atom stereocenters. The number of hydrogen-bond acceptors (Lipinski definition) is 1. The van der Waals surface area contributed by atoms with Crippen molar-refractivity contribution in [2.75, 3.05) is 0 Å². The summed E-state index contributed by atoms with van der Waals surface area (Å²) in [5.41, 5.74) is 0.546. The minimum Gasteiger partial charge on any atom is -0.132 e. The number of alkyl halides is 1. The summed E-state index contributed by atoms with van der Waals surface area (Å²) in [6.45, 7) is 4.68. The Hall–Kier alpha value is 0.660. The van der Waals surface area contributed by atoms with Gasteiger partial charge in [-0.15, -0.1) is 11.3 Å². The fraction of sp³-hybridized carbons (Fsp3) is 0.600. The quantitative estimate of drug-likeness (QED) is 0.672. The molecule has 3 heteroatoms. The minimum absolute atomic E-state index is 0.546. The molecule has 13 heavy (non-hydrogen) atoms. The van der Waals surface area contributed by atoms with E-state index in [2.05, 4.69) is 57.8 Å². The van der Waals surface area contributed by atoms with E-state index in [0.717, 1.165) is 5.92 Å². The number of hydrogen-bond donors (Lipinski definition) is 0. The van der Waals surface area contributed by atoms with E-state index < -0.39 is 0 Å². The van der Waals surface area contributed by atoms with Crippen LogP contribution in [0.1, 0.15) is 30.0 Å². The highest BCUT2D eigenvalue weighted by molar-refractivity contribution is 9.11. The Balaban J connectivity index is 2.11. The molecule has 1 aromatic heterocycles. The third-order valence-electron chi connectivity index (χ3n) is 2.81. The zero-order valence-electron chi connectivity index (χ0n) is 7.68. The SMILES string of the molecule is CC1(C)CC1C(Br)c1ccc(Br)s1. The Labute approximate surface area is 100.0 Å². The van der Waals surface area contributed by atoms with Gasteiger partial charge < -0.3 is 0 Å². The first-order valence-corrected chi connectivity index (χ1v) is 6.92. The molecule has 1 fully saturated rings. The van der Waals surface area contributed by atoms with Gasteiger partial charge >= 0.3 is 0 Å². The van der Waals surface area contributed by atoms with Crippen LogP contribution in [0.3, 0.4) is 0 Å². The molecule has 2 unspecified atom stereocenters. The van der Waals surface area contributed by atoms with Crippen LogP contribution >= 0.6 is 43.2 Å². The molecule has 0 saturated heterocycles. The molecule has 0 N–H and O–H groups in total. The van der Waals surface area contributed by atoms with Gasteiger partial charge in [0.25, 0.3) is 0 Å². The summed E-state index contributed by atoms with van der Waals surface area (Å²) >= 11 is 9.12. The van der Waals surface area contributed by atoms with Crippen LogP contribution in [0.4, 0.5) is 0 Å². The Morgan fingerprint density at radius 2 is 2.15 bits per heavy atom. The molecule has 0 radical (unpaired) electrons. The van der Waals surface area contributed by atoms with Crippen molar-refractivity contribution in [3.63, 3.8) is 0 Å². The van der Waals surface area contributed by atoms with Crippen molar-refractivity contribution in [2.24, 2.45) is 11.3 Å². The second kappa shape index (κ2) is 3.35. The first kappa shape index (κ1) is 10.2. The number of thiophene rings is 1. The van der Waals surface area contributed by atoms with Crippen LogP contribution in [0.25, 0.3) is 0 Å². The molecular weight excluding hydrogens is 312 g/mol. The molecular formula is C10H12Br2S. The molecule has 1 heterocycles. The van der Waals surface area contributed by atoms with Crippen molar-refractivity contribution < 1.29 is 0 Å². The summed E-state index contributed by atoms with van der Waals surface area (Å²) in [6, 6.07) is 4.34. The van der Waals surface area contributed by atoms with E-state index in [4.69, 9.17) is 0 Å². The van der Waals surface area contributed by atoms with E-state index in [1.165, 1.54) is 15.1 Å². The Morgan fingerprint density at radius 1 is 1.54 bits per heavy atom. The Kier molecular flexibility index (Phi) is 2.63. The van der Waals surface area contributed by atoms with Crippen LogP contribution in [-0.4, -0.2) is 0 Å². The van der Waals surface area contributed by atoms with Crippen molar-refractivity contribution in [3.05, 3.63) is 20.8 Å². The van der Waals surface area contributed by atoms with Gasteiger partial charge in [-0.05, 0) is 45.8 Å². The summed E-state index contributed by atoms with van der Waals surface area (Å²) in [5, 5.41) is 0. The highest BCUT2D eigenvalue weighted by Crippen LogP contribution is 2.61. The largest absolute Gasteiger partial charge is 0.132 e. The van der Waals surface area contributed by atoms with Gasteiger partial charge in [0.1, 0.15) is 0 Å². The van der Waals surface area contributed by atoms with Gasteiger partial charge in [0, 0.05) is 4.88 Å². The van der Waals surface area contributed by atoms with Crippen molar-refractivity contribution in [2.45, 2.75) is 25.1 Å². The van der Waals surface area contributed by atoms with Crippen molar-refractivity contribution in [1.82, 2.24) is 0 Å². The van der Waals surface area contributed by atoms with Gasteiger partial charge in [-0.2, -0.15) is 0 Å². The standard InChI is InChI=1S/C10H12Br2S/c1-10(2)5-6(10)9(12)7-3-4-8(11)13-7/h3-4,6,9H,5H2,1-2H3. The zero-order valence-corrected chi connectivity index (χ0v) is 11.7. The maximum Gasteiger partial charge on any atom is 0.0701 e. The molecule has 0 amide bonds. The molecule has 0 nitrogen and oxygen atoms in total. The molecule has 0 spiro atoms. The fourth-order valence-electron chi connectivity index (χ4n) is 1.68. The molecule has 0 aromatic carbocycles. The molecule has 1 aliphatic carbocycles. The van der Waals surface area contributed by atoms with E-state index >= 15 is 0 Å². The lowest BCUT2D eigenvalue weighted by atomic mass is 10.1. The fourth-order valence-corrected chi connectivity index (χ4v) is 4.48. The maximum absolute atomic E-state index is 3.79. The van der Waals surface area contributed by atoms with Gasteiger partial charge in [0.05, 0.1) is 8.61 Å². The summed E-state index contributed by atoms with van der Waals surface area (Å²) in [5.74, 6) is 0.818. The normalized spacial score (nSPS) is 27.2. The molecule has 0 aliphatic heterocycles. The van der Waals surface area contributed by atoms with Gasteiger partial charge in [-0.3, -0.25) is 0 Å². The van der Waals surface area contributed by atoms with Crippen LogP contribution < -0.4 is 0 Å². The van der Waals surface area contributed by atoms with E-state index in [9.17, 15) is 0 Å². The second-order valence-electron chi connectivity index (χ2n) is 4.34. The third kappa shape index (κ3) is 2.02. The Morgan fingerprint density at radius 3 is 2.54 bits per heavy atom. The van der Waals surface area contributed by atoms with Crippen molar-refractivity contribution in [3.8, 4) is 0 Å². The van der Waals surface area contributed by atoms with E-state index in [1.54, 1.807) is 0 Å². The molecule has 0 bridgehead atoms. The van der Waals surface area contributed by atoms with Crippen molar-refractivity contribution in [1.29, 1.82) is 0 Å². The van der Waals surface area contributed by atoms with E-state index in [0.29, 0.717) is 10.2 Å². The minimum atomic E-state index is 0.546. The summed E-state index contributed by atoms with van der Waals surface area (Å²) < 4.78 is 1.23. The highest BCUT2D eigenvalue weighted by Gasteiger charge is 2.49. The molecule has 72 valence electrons. The van der Waals surface area contributed by atoms with Gasteiger partial charge in [0.2, 0.25) is 0 Å². The van der Waals surface area contributed by atoms with E-state index in [1.807, 2.05) is 11.3 Å². The summed E-state index contributed by atoms with van der Waals surface area (Å²) in [4.78, 5) is 2.00. The van der Waals surface area contributed by atoms with E-state index in [-0.39, 0.29) is 0 Å². The van der Waals surface area contributed by atoms with Crippen molar-refractivity contribution >= 4 is 43.2 Å². The smallest absolute Gasteiger partial charge is 0.0701 e. The number of halogens is 2. The first-order chi connectivity index (χ1) is 6.00. The molecule has 1 aliphatic rings. The lowest BCUT2D eigenvalue weighted by Gasteiger charge is -2.08. The first-order valence-electron chi connectivity index (χ1n) is 4.40. The predicted molar refractivity (Wildman–Crippen MR) is 65.6 cm³/mol. The third-order valence-corrected chi connectivity index (χ3v) is 5.95. The second-order valence-corrected chi connectivity index (χ2v) is 7.82. The summed E-state index contributed by atoms with van der Waals surface area (Å²) in [6.07, 6.45) is 1.35. The topological polar surface area (TPSA) is 0 Å². The monoisotopic (exact) mass is 322 g/mol. The molecule has 2 rings (SSSR count). The van der Waals surface area contributed by atoms with Crippen LogP contribution in [0.2, 0.25) is 0 Å². The van der Waals surface area contributed by atoms with Gasteiger partial charge in [-0.1, -0.05) is 29.8 Å². The lowest BCUT2D eigenvalue weighted by molar-refractivity contribution is 0.557. The van der Waals surface area contributed by atoms with Crippen LogP contribution in [0.15, 0.2) is 15.9 Å². The van der Waals surface area contributed by atoms with Gasteiger partial charge in [-0.25, -0.2) is 0 Å². The van der Waals surface area contributed by atoms with Crippen LogP contribution in [0.5, 0.6) is 0 Å². The number of rotatable bonds is 2. The Bertz CT molecular complexity index is 316. The summed E-state index contributed by atoms with van der Waals surface area (Å²) in [7, 11) is 0. The van der Waals surface area contributed by atoms with Crippen LogP contribution in [0, 0.1) is 11.3 Å². The lowest BCUT2D eigenvalue weighted by Crippen LogP contribution is -1.96. The van der Waals surface area contributed by atoms with Crippen LogP contribution in [-0.2, 0) is 0 Å². The zero-order chi connectivity index (χ0) is 9.64. The average Bonchev–Trinajstić information content (AvgIpc) is 2.47. The molecule has 1 saturated carbocycles. The average molecular weight is 324 g/mol. The molecule has 1 aromatic rings. The maximum atomic E-state index is 3.79.